The molecule has 0 spiro atoms. The van der Waals surface area contributed by atoms with Crippen molar-refractivity contribution < 1.29 is 29.4 Å². The SMILES string of the molecule is NCCCCC(NC(=O)C(N)CS)C(=O)NC(Cc1ccc(O)cc1)C(=O)NCC(=O)O. The van der Waals surface area contributed by atoms with Gasteiger partial charge in [-0.3, -0.25) is 19.2 Å². The van der Waals surface area contributed by atoms with Crippen molar-refractivity contribution in [1.29, 1.82) is 0 Å². The van der Waals surface area contributed by atoms with Crippen LogP contribution in [0.1, 0.15) is 24.8 Å². The van der Waals surface area contributed by atoms with Gasteiger partial charge in [-0.05, 0) is 43.5 Å². The summed E-state index contributed by atoms with van der Waals surface area (Å²) in [4.78, 5) is 48.5. The number of carbonyl (C=O) groups excluding carboxylic acids is 3. The first-order valence-corrected chi connectivity index (χ1v) is 10.8. The van der Waals surface area contributed by atoms with Crippen molar-refractivity contribution in [3.63, 3.8) is 0 Å². The molecule has 0 aliphatic rings. The molecule has 0 aliphatic heterocycles. The Bertz CT molecular complexity index is 776. The van der Waals surface area contributed by atoms with Gasteiger partial charge < -0.3 is 37.6 Å². The van der Waals surface area contributed by atoms with E-state index in [0.717, 1.165) is 0 Å². The third kappa shape index (κ3) is 9.98. The van der Waals surface area contributed by atoms with E-state index < -0.39 is 48.4 Å². The molecule has 3 amide bonds. The van der Waals surface area contributed by atoms with Gasteiger partial charge in [0.15, 0.2) is 0 Å². The van der Waals surface area contributed by atoms with E-state index in [1.807, 2.05) is 0 Å². The molecule has 32 heavy (non-hydrogen) atoms. The van der Waals surface area contributed by atoms with Gasteiger partial charge in [-0.25, -0.2) is 0 Å². The number of hydrogen-bond donors (Lipinski definition) is 8. The van der Waals surface area contributed by atoms with Crippen molar-refractivity contribution in [1.82, 2.24) is 16.0 Å². The molecule has 1 aromatic rings. The lowest BCUT2D eigenvalue weighted by molar-refractivity contribution is -0.138. The van der Waals surface area contributed by atoms with E-state index in [4.69, 9.17) is 16.6 Å². The number of thiol groups is 1. The van der Waals surface area contributed by atoms with Crippen molar-refractivity contribution >= 4 is 36.3 Å². The van der Waals surface area contributed by atoms with Crippen molar-refractivity contribution in [3.05, 3.63) is 29.8 Å². The molecule has 0 aliphatic carbocycles. The van der Waals surface area contributed by atoms with Gasteiger partial charge in [0.2, 0.25) is 17.7 Å². The minimum absolute atomic E-state index is 0.0351. The van der Waals surface area contributed by atoms with Crippen LogP contribution in [0, 0.1) is 0 Å². The number of carbonyl (C=O) groups is 4. The lowest BCUT2D eigenvalue weighted by Crippen LogP contribution is -2.56. The summed E-state index contributed by atoms with van der Waals surface area (Å²) in [5.74, 6) is -2.99. The minimum Gasteiger partial charge on any atom is -0.508 e. The topological polar surface area (TPSA) is 197 Å². The van der Waals surface area contributed by atoms with Gasteiger partial charge in [0, 0.05) is 12.2 Å². The van der Waals surface area contributed by atoms with Crippen molar-refractivity contribution in [3.8, 4) is 5.75 Å². The second kappa shape index (κ2) is 14.3. The second-order valence-electron chi connectivity index (χ2n) is 7.18. The first-order valence-electron chi connectivity index (χ1n) is 10.1. The van der Waals surface area contributed by atoms with E-state index in [1.54, 1.807) is 12.1 Å². The van der Waals surface area contributed by atoms with Crippen LogP contribution in [0.25, 0.3) is 0 Å². The highest BCUT2D eigenvalue weighted by molar-refractivity contribution is 7.80. The Kier molecular flexibility index (Phi) is 12.1. The molecular formula is C20H31N5O6S. The van der Waals surface area contributed by atoms with Crippen LogP contribution in [-0.2, 0) is 25.6 Å². The maximum Gasteiger partial charge on any atom is 0.322 e. The van der Waals surface area contributed by atoms with Crippen LogP contribution in [-0.4, -0.2) is 70.9 Å². The number of amides is 3. The highest BCUT2D eigenvalue weighted by Gasteiger charge is 2.28. The first-order chi connectivity index (χ1) is 15.2. The molecule has 3 unspecified atom stereocenters. The Morgan fingerprint density at radius 1 is 0.969 bits per heavy atom. The van der Waals surface area contributed by atoms with Crippen LogP contribution < -0.4 is 27.4 Å². The van der Waals surface area contributed by atoms with Crippen molar-refractivity contribution in [2.75, 3.05) is 18.8 Å². The molecule has 9 N–H and O–H groups in total. The minimum atomic E-state index is -1.24. The lowest BCUT2D eigenvalue weighted by Gasteiger charge is -2.24. The molecule has 1 rings (SSSR count). The number of nitrogens with two attached hydrogens (primary N) is 2. The normalized spacial score (nSPS) is 13.5. The average molecular weight is 470 g/mol. The fourth-order valence-corrected chi connectivity index (χ4v) is 2.92. The summed E-state index contributed by atoms with van der Waals surface area (Å²) in [5, 5.41) is 25.7. The van der Waals surface area contributed by atoms with Gasteiger partial charge in [0.05, 0.1) is 6.04 Å². The van der Waals surface area contributed by atoms with E-state index in [1.165, 1.54) is 12.1 Å². The number of unbranched alkanes of at least 4 members (excludes halogenated alkanes) is 1. The number of carboxylic acids is 1. The number of hydrogen-bond acceptors (Lipinski definition) is 8. The Hall–Kier alpha value is -2.83. The van der Waals surface area contributed by atoms with E-state index in [-0.39, 0.29) is 24.3 Å². The summed E-state index contributed by atoms with van der Waals surface area (Å²) in [5.41, 5.74) is 11.8. The van der Waals surface area contributed by atoms with Gasteiger partial charge in [-0.2, -0.15) is 12.6 Å². The maximum atomic E-state index is 12.9. The van der Waals surface area contributed by atoms with Crippen LogP contribution in [0.5, 0.6) is 5.75 Å². The van der Waals surface area contributed by atoms with Gasteiger partial charge in [-0.15, -0.1) is 0 Å². The Balaban J connectivity index is 2.99. The van der Waals surface area contributed by atoms with Crippen LogP contribution in [0.4, 0.5) is 0 Å². The highest BCUT2D eigenvalue weighted by atomic mass is 32.1. The number of aromatic hydroxyl groups is 1. The molecule has 12 heteroatoms. The molecule has 0 radical (unpaired) electrons. The van der Waals surface area contributed by atoms with E-state index in [9.17, 15) is 24.3 Å². The molecule has 178 valence electrons. The maximum absolute atomic E-state index is 12.9. The third-order valence-electron chi connectivity index (χ3n) is 4.54. The summed E-state index contributed by atoms with van der Waals surface area (Å²) in [6.45, 7) is -0.201. The zero-order chi connectivity index (χ0) is 24.1. The smallest absolute Gasteiger partial charge is 0.322 e. The zero-order valence-corrected chi connectivity index (χ0v) is 18.5. The predicted molar refractivity (Wildman–Crippen MR) is 121 cm³/mol. The molecular weight excluding hydrogens is 438 g/mol. The number of nitrogens with one attached hydrogen (secondary N) is 3. The zero-order valence-electron chi connectivity index (χ0n) is 17.6. The monoisotopic (exact) mass is 469 g/mol. The molecule has 11 nitrogen and oxygen atoms in total. The lowest BCUT2D eigenvalue weighted by atomic mass is 10.0. The molecule has 0 aromatic heterocycles. The second-order valence-corrected chi connectivity index (χ2v) is 7.54. The number of carboxylic acid groups (broad SMARTS) is 1. The fraction of sp³-hybridized carbons (Fsp3) is 0.500. The average Bonchev–Trinajstić information content (AvgIpc) is 2.76. The summed E-state index contributed by atoms with van der Waals surface area (Å²) in [6, 6.07) is 3.02. The van der Waals surface area contributed by atoms with E-state index in [2.05, 4.69) is 28.6 Å². The number of phenols is 1. The Morgan fingerprint density at radius 2 is 1.59 bits per heavy atom. The summed E-state index contributed by atoms with van der Waals surface area (Å²) >= 11 is 3.98. The Morgan fingerprint density at radius 3 is 2.16 bits per heavy atom. The van der Waals surface area contributed by atoms with E-state index >= 15 is 0 Å². The van der Waals surface area contributed by atoms with Crippen LogP contribution >= 0.6 is 12.6 Å². The number of rotatable bonds is 14. The summed E-state index contributed by atoms with van der Waals surface area (Å²) in [7, 11) is 0. The Labute approximate surface area is 191 Å². The van der Waals surface area contributed by atoms with Gasteiger partial charge in [0.1, 0.15) is 24.4 Å². The van der Waals surface area contributed by atoms with Crippen LogP contribution in [0.15, 0.2) is 24.3 Å². The van der Waals surface area contributed by atoms with Gasteiger partial charge >= 0.3 is 5.97 Å². The molecule has 0 bridgehead atoms. The molecule has 1 aromatic carbocycles. The number of phenolic OH excluding ortho intramolecular Hbond substituents is 1. The van der Waals surface area contributed by atoms with Gasteiger partial charge in [0.25, 0.3) is 0 Å². The van der Waals surface area contributed by atoms with E-state index in [0.29, 0.717) is 24.9 Å². The molecule has 0 heterocycles. The largest absolute Gasteiger partial charge is 0.508 e. The van der Waals surface area contributed by atoms with Crippen LogP contribution in [0.3, 0.4) is 0 Å². The molecule has 0 saturated heterocycles. The quantitative estimate of drug-likeness (QED) is 0.119. The predicted octanol–water partition coefficient (Wildman–Crippen LogP) is -1.51. The molecule has 0 fully saturated rings. The summed E-state index contributed by atoms with van der Waals surface area (Å²) in [6.07, 6.45) is 1.50. The third-order valence-corrected chi connectivity index (χ3v) is 4.93. The van der Waals surface area contributed by atoms with Crippen LogP contribution in [0.2, 0.25) is 0 Å². The highest BCUT2D eigenvalue weighted by Crippen LogP contribution is 2.12. The first kappa shape index (κ1) is 27.2. The number of aliphatic carboxylic acids is 1. The fourth-order valence-electron chi connectivity index (χ4n) is 2.76. The molecule has 0 saturated carbocycles. The number of benzene rings is 1. The standard InChI is InChI=1S/C20H31N5O6S/c21-8-2-1-3-15(24-18(29)14(22)11-32)20(31)25-16(19(30)23-10-17(27)28)9-12-4-6-13(26)7-5-12/h4-7,14-16,26,32H,1-3,8-11,21-22H2,(H,23,30)(H,24,29)(H,25,31)(H,27,28). The molecule has 3 atom stereocenters. The van der Waals surface area contributed by atoms with Crippen molar-refractivity contribution in [2.45, 2.75) is 43.8 Å². The van der Waals surface area contributed by atoms with Gasteiger partial charge in [-0.1, -0.05) is 12.1 Å². The summed E-state index contributed by atoms with van der Waals surface area (Å²) < 4.78 is 0. The van der Waals surface area contributed by atoms with Crippen molar-refractivity contribution in [2.24, 2.45) is 11.5 Å².